The average molecular weight is 489 g/mol. The first kappa shape index (κ1) is 22.4. The molecule has 0 fully saturated rings. The number of amides is 1. The number of furan rings is 1. The van der Waals surface area contributed by atoms with Gasteiger partial charge in [-0.2, -0.15) is 5.10 Å². The van der Waals surface area contributed by atoms with Crippen LogP contribution >= 0.6 is 0 Å². The van der Waals surface area contributed by atoms with Crippen molar-refractivity contribution >= 4 is 22.6 Å². The summed E-state index contributed by atoms with van der Waals surface area (Å²) < 4.78 is 69.3. The molecule has 1 aliphatic heterocycles. The van der Waals surface area contributed by atoms with Crippen LogP contribution in [0.5, 0.6) is 11.5 Å². The van der Waals surface area contributed by atoms with Crippen molar-refractivity contribution in [1.29, 1.82) is 0 Å². The molecule has 1 amide bonds. The van der Waals surface area contributed by atoms with Crippen LogP contribution in [0.3, 0.4) is 0 Å². The van der Waals surface area contributed by atoms with Gasteiger partial charge in [0.25, 0.3) is 5.56 Å². The van der Waals surface area contributed by atoms with Crippen LogP contribution in [0.1, 0.15) is 6.92 Å². The number of hydrogen-bond donors (Lipinski definition) is 0. The molecule has 2 aromatic heterocycles. The topological polar surface area (TPSA) is 86.8 Å². The number of aromatic nitrogens is 2. The Balaban J connectivity index is 1.51. The van der Waals surface area contributed by atoms with Gasteiger partial charge in [0.2, 0.25) is 5.91 Å². The van der Waals surface area contributed by atoms with E-state index in [-0.39, 0.29) is 46.0 Å². The number of rotatable bonds is 5. The van der Waals surface area contributed by atoms with Crippen LogP contribution in [0.2, 0.25) is 0 Å². The molecule has 1 aliphatic rings. The van der Waals surface area contributed by atoms with Crippen LogP contribution in [-0.2, 0) is 11.3 Å². The maximum absolute atomic E-state index is 13.8. The summed E-state index contributed by atoms with van der Waals surface area (Å²) in [5, 5.41) is 4.19. The number of carbonyl (C=O) groups is 1. The van der Waals surface area contributed by atoms with Crippen LogP contribution in [0.4, 0.5) is 23.2 Å². The van der Waals surface area contributed by atoms with Crippen molar-refractivity contribution in [2.45, 2.75) is 19.8 Å². The second-order valence-electron chi connectivity index (χ2n) is 7.57. The molecule has 0 unspecified atom stereocenters. The van der Waals surface area contributed by atoms with E-state index in [1.54, 1.807) is 6.92 Å². The number of carbonyl (C=O) groups excluding carboxylic acids is 1. The Morgan fingerprint density at radius 3 is 2.49 bits per heavy atom. The Kier molecular flexibility index (Phi) is 5.23. The van der Waals surface area contributed by atoms with Crippen molar-refractivity contribution in [2.75, 3.05) is 11.4 Å². The molecule has 0 saturated carbocycles. The van der Waals surface area contributed by atoms with Gasteiger partial charge in [-0.25, -0.2) is 13.5 Å². The highest BCUT2D eigenvalue weighted by atomic mass is 19.3. The van der Waals surface area contributed by atoms with Crippen LogP contribution < -0.4 is 19.9 Å². The number of alkyl halides is 2. The number of likely N-dealkylation sites (N-methyl/N-ethyl adjacent to an activating group) is 1. The summed E-state index contributed by atoms with van der Waals surface area (Å²) in [4.78, 5) is 27.3. The van der Waals surface area contributed by atoms with Gasteiger partial charge >= 0.3 is 6.29 Å². The Hall–Kier alpha value is -4.35. The lowest BCUT2D eigenvalue weighted by molar-refractivity contribution is -0.286. The summed E-state index contributed by atoms with van der Waals surface area (Å²) in [6, 6.07) is 7.92. The molecular weight excluding hydrogens is 474 g/mol. The molecule has 0 radical (unpaired) electrons. The third kappa shape index (κ3) is 4.07. The maximum Gasteiger partial charge on any atom is 0.586 e. The molecule has 0 atom stereocenters. The lowest BCUT2D eigenvalue weighted by Gasteiger charge is -2.21. The number of halogens is 4. The molecule has 0 bridgehead atoms. The molecule has 0 aliphatic carbocycles. The van der Waals surface area contributed by atoms with Gasteiger partial charge in [-0.05, 0) is 37.3 Å². The van der Waals surface area contributed by atoms with E-state index in [1.165, 1.54) is 35.4 Å². The largest absolute Gasteiger partial charge is 0.586 e. The number of ether oxygens (including phenoxy) is 2. The monoisotopic (exact) mass is 489 g/mol. The zero-order valence-electron chi connectivity index (χ0n) is 17.9. The lowest BCUT2D eigenvalue weighted by atomic mass is 10.1. The predicted molar refractivity (Wildman–Crippen MR) is 114 cm³/mol. The third-order valence-corrected chi connectivity index (χ3v) is 5.30. The summed E-state index contributed by atoms with van der Waals surface area (Å²) in [5.41, 5.74) is -0.462. The van der Waals surface area contributed by atoms with Gasteiger partial charge in [0.05, 0.1) is 11.6 Å². The van der Waals surface area contributed by atoms with E-state index in [0.717, 1.165) is 16.8 Å². The highest BCUT2D eigenvalue weighted by molar-refractivity contribution is 5.94. The van der Waals surface area contributed by atoms with Gasteiger partial charge in [-0.1, -0.05) is 0 Å². The van der Waals surface area contributed by atoms with E-state index in [0.29, 0.717) is 6.07 Å². The maximum atomic E-state index is 13.8. The zero-order chi connectivity index (χ0) is 24.9. The summed E-state index contributed by atoms with van der Waals surface area (Å²) in [6.07, 6.45) is -2.59. The SMILES string of the molecule is CCN(C(=O)Cn1nc(-c2cc(F)cc(F)c2)c2occc2c1=O)c1ccc2c(c1)OC(F)(F)O2. The molecular formula is C23H15F4N3O5. The fourth-order valence-electron chi connectivity index (χ4n) is 3.82. The molecule has 5 rings (SSSR count). The van der Waals surface area contributed by atoms with E-state index < -0.39 is 35.9 Å². The Labute approximate surface area is 193 Å². The van der Waals surface area contributed by atoms with Gasteiger partial charge in [-0.3, -0.25) is 9.59 Å². The molecule has 12 heteroatoms. The van der Waals surface area contributed by atoms with Crippen molar-refractivity contribution in [3.05, 3.63) is 70.7 Å². The molecule has 35 heavy (non-hydrogen) atoms. The number of hydrogen-bond acceptors (Lipinski definition) is 6. The summed E-state index contributed by atoms with van der Waals surface area (Å²) in [5.74, 6) is -2.75. The summed E-state index contributed by atoms with van der Waals surface area (Å²) in [7, 11) is 0. The van der Waals surface area contributed by atoms with Crippen molar-refractivity contribution in [2.24, 2.45) is 0 Å². The minimum atomic E-state index is -3.81. The summed E-state index contributed by atoms with van der Waals surface area (Å²) in [6.45, 7) is 1.22. The van der Waals surface area contributed by atoms with Gasteiger partial charge in [0.1, 0.15) is 23.9 Å². The minimum absolute atomic E-state index is 0.00713. The number of nitrogens with zero attached hydrogens (tertiary/aromatic N) is 3. The van der Waals surface area contributed by atoms with Gasteiger partial charge in [-0.15, -0.1) is 8.78 Å². The molecule has 2 aromatic carbocycles. The highest BCUT2D eigenvalue weighted by Gasteiger charge is 2.43. The third-order valence-electron chi connectivity index (χ3n) is 5.30. The molecule has 3 heterocycles. The van der Waals surface area contributed by atoms with Crippen molar-refractivity contribution < 1.29 is 36.2 Å². The Morgan fingerprint density at radius 1 is 1.06 bits per heavy atom. The van der Waals surface area contributed by atoms with Crippen molar-refractivity contribution in [3.8, 4) is 22.8 Å². The lowest BCUT2D eigenvalue weighted by Crippen LogP contribution is -2.37. The van der Waals surface area contributed by atoms with Crippen LogP contribution in [0, 0.1) is 11.6 Å². The van der Waals surface area contributed by atoms with Gasteiger partial charge < -0.3 is 18.8 Å². The minimum Gasteiger partial charge on any atom is -0.462 e. The first-order valence-electron chi connectivity index (χ1n) is 10.3. The fraction of sp³-hybridized carbons (Fsp3) is 0.174. The van der Waals surface area contributed by atoms with Crippen LogP contribution in [0.25, 0.3) is 22.2 Å². The van der Waals surface area contributed by atoms with Gasteiger partial charge in [0.15, 0.2) is 17.1 Å². The second-order valence-corrected chi connectivity index (χ2v) is 7.57. The molecule has 0 N–H and O–H groups in total. The van der Waals surface area contributed by atoms with Crippen molar-refractivity contribution in [3.63, 3.8) is 0 Å². The van der Waals surface area contributed by atoms with Gasteiger partial charge in [0, 0.05) is 29.9 Å². The first-order chi connectivity index (χ1) is 16.6. The van der Waals surface area contributed by atoms with E-state index in [2.05, 4.69) is 14.6 Å². The average Bonchev–Trinajstić information content (AvgIpc) is 3.38. The normalized spacial score (nSPS) is 13.9. The molecule has 8 nitrogen and oxygen atoms in total. The van der Waals surface area contributed by atoms with Crippen molar-refractivity contribution in [1.82, 2.24) is 9.78 Å². The standard InChI is InChI=1S/C23H15F4N3O5/c1-2-29(15-3-4-17-18(10-15)35-23(26,27)34-17)19(31)11-30-22(32)16-5-6-33-21(16)20(28-30)12-7-13(24)9-14(25)8-12/h3-10H,2,11H2,1H3. The van der Waals surface area contributed by atoms with E-state index >= 15 is 0 Å². The van der Waals surface area contributed by atoms with Crippen LogP contribution in [-0.4, -0.2) is 28.5 Å². The van der Waals surface area contributed by atoms with E-state index in [9.17, 15) is 27.2 Å². The predicted octanol–water partition coefficient (Wildman–Crippen LogP) is 4.31. The Morgan fingerprint density at radius 2 is 1.77 bits per heavy atom. The highest BCUT2D eigenvalue weighted by Crippen LogP contribution is 2.42. The Bertz CT molecular complexity index is 1510. The van der Waals surface area contributed by atoms with E-state index in [4.69, 9.17) is 4.42 Å². The number of fused-ring (bicyclic) bond motifs is 2. The molecule has 0 saturated heterocycles. The molecule has 180 valence electrons. The van der Waals surface area contributed by atoms with Crippen LogP contribution in [0.15, 0.2) is 57.9 Å². The van der Waals surface area contributed by atoms with E-state index in [1.807, 2.05) is 0 Å². The fourth-order valence-corrected chi connectivity index (χ4v) is 3.82. The second kappa shape index (κ2) is 8.15. The first-order valence-corrected chi connectivity index (χ1v) is 10.3. The molecule has 4 aromatic rings. The molecule has 0 spiro atoms. The summed E-state index contributed by atoms with van der Waals surface area (Å²) >= 11 is 0. The number of benzene rings is 2. The smallest absolute Gasteiger partial charge is 0.462 e. The number of anilines is 1. The quantitative estimate of drug-likeness (QED) is 0.389. The zero-order valence-corrected chi connectivity index (χ0v) is 17.9.